The van der Waals surface area contributed by atoms with Crippen molar-refractivity contribution < 1.29 is 14.4 Å². The first kappa shape index (κ1) is 12.6. The molecule has 20 heavy (non-hydrogen) atoms. The molecular formula is C12H15N5O3. The Kier molecular flexibility index (Phi) is 2.92. The molecule has 1 unspecified atom stereocenters. The summed E-state index contributed by atoms with van der Waals surface area (Å²) in [5, 5.41) is 11.4. The van der Waals surface area contributed by atoms with E-state index in [0.717, 1.165) is 5.69 Å². The lowest BCUT2D eigenvalue weighted by Gasteiger charge is -2.38. The molecule has 8 nitrogen and oxygen atoms in total. The number of hydrogen-bond acceptors (Lipinski definition) is 4. The predicted octanol–water partition coefficient (Wildman–Crippen LogP) is -0.847. The maximum atomic E-state index is 12.2. The van der Waals surface area contributed by atoms with Crippen molar-refractivity contribution in [2.24, 2.45) is 0 Å². The second-order valence-corrected chi connectivity index (χ2v) is 5.17. The van der Waals surface area contributed by atoms with Crippen LogP contribution in [0.5, 0.6) is 0 Å². The molecular weight excluding hydrogens is 262 g/mol. The van der Waals surface area contributed by atoms with E-state index in [1.807, 2.05) is 0 Å². The standard InChI is InChI=1S/C12H15N5O3/c18-9(6-8-2-4-13-16-8)17-5-1-3-12(7-17)10(19)14-11(20)15-12/h2,4H,1,3,5-7H2,(H,13,16)(H2,14,15,19,20). The fourth-order valence-corrected chi connectivity index (χ4v) is 2.74. The van der Waals surface area contributed by atoms with Crippen LogP contribution in [-0.2, 0) is 16.0 Å². The van der Waals surface area contributed by atoms with Crippen LogP contribution >= 0.6 is 0 Å². The minimum Gasteiger partial charge on any atom is -0.339 e. The van der Waals surface area contributed by atoms with Crippen molar-refractivity contribution in [3.05, 3.63) is 18.0 Å². The number of amides is 4. The summed E-state index contributed by atoms with van der Waals surface area (Å²) in [4.78, 5) is 37.0. The molecule has 1 aromatic heterocycles. The minimum atomic E-state index is -0.959. The molecule has 1 atom stereocenters. The molecule has 2 saturated heterocycles. The quantitative estimate of drug-likeness (QED) is 0.612. The number of H-pyrrole nitrogens is 1. The minimum absolute atomic E-state index is 0.0812. The Morgan fingerprint density at radius 2 is 2.30 bits per heavy atom. The fourth-order valence-electron chi connectivity index (χ4n) is 2.74. The van der Waals surface area contributed by atoms with E-state index in [-0.39, 0.29) is 24.8 Å². The summed E-state index contributed by atoms with van der Waals surface area (Å²) < 4.78 is 0. The number of hydrogen-bond donors (Lipinski definition) is 3. The van der Waals surface area contributed by atoms with Crippen molar-refractivity contribution in [2.45, 2.75) is 24.8 Å². The molecule has 1 aromatic rings. The van der Waals surface area contributed by atoms with E-state index in [0.29, 0.717) is 19.4 Å². The van der Waals surface area contributed by atoms with Crippen LogP contribution in [0.3, 0.4) is 0 Å². The summed E-state index contributed by atoms with van der Waals surface area (Å²) >= 11 is 0. The van der Waals surface area contributed by atoms with Gasteiger partial charge in [0.25, 0.3) is 5.91 Å². The summed E-state index contributed by atoms with van der Waals surface area (Å²) in [6.07, 6.45) is 3.04. The van der Waals surface area contributed by atoms with Gasteiger partial charge in [-0.1, -0.05) is 0 Å². The first-order valence-corrected chi connectivity index (χ1v) is 6.49. The molecule has 0 aliphatic carbocycles. The van der Waals surface area contributed by atoms with Crippen LogP contribution in [0, 0.1) is 0 Å². The van der Waals surface area contributed by atoms with Crippen LogP contribution in [0.1, 0.15) is 18.5 Å². The molecule has 2 aliphatic rings. The Morgan fingerprint density at radius 3 is 2.95 bits per heavy atom. The second kappa shape index (κ2) is 4.62. The monoisotopic (exact) mass is 277 g/mol. The van der Waals surface area contributed by atoms with Crippen molar-refractivity contribution in [3.8, 4) is 0 Å². The van der Waals surface area contributed by atoms with E-state index in [1.54, 1.807) is 17.2 Å². The van der Waals surface area contributed by atoms with Crippen molar-refractivity contribution in [1.82, 2.24) is 25.7 Å². The second-order valence-electron chi connectivity index (χ2n) is 5.17. The number of piperidine rings is 1. The molecule has 1 spiro atoms. The van der Waals surface area contributed by atoms with Crippen LogP contribution in [-0.4, -0.2) is 51.6 Å². The van der Waals surface area contributed by atoms with Gasteiger partial charge < -0.3 is 10.2 Å². The first-order valence-electron chi connectivity index (χ1n) is 6.49. The molecule has 106 valence electrons. The number of rotatable bonds is 2. The molecule has 3 N–H and O–H groups in total. The maximum absolute atomic E-state index is 12.2. The van der Waals surface area contributed by atoms with Crippen LogP contribution in [0.15, 0.2) is 12.3 Å². The van der Waals surface area contributed by atoms with Crippen molar-refractivity contribution in [1.29, 1.82) is 0 Å². The third-order valence-electron chi connectivity index (χ3n) is 3.76. The Bertz CT molecular complexity index is 555. The Labute approximate surface area is 114 Å². The Hall–Kier alpha value is -2.38. The van der Waals surface area contributed by atoms with Crippen LogP contribution < -0.4 is 10.6 Å². The Morgan fingerprint density at radius 1 is 1.45 bits per heavy atom. The largest absolute Gasteiger partial charge is 0.339 e. The topological polar surface area (TPSA) is 107 Å². The maximum Gasteiger partial charge on any atom is 0.322 e. The summed E-state index contributed by atoms with van der Waals surface area (Å²) in [5.41, 5.74) is -0.228. The number of aromatic nitrogens is 2. The Balaban J connectivity index is 1.70. The smallest absolute Gasteiger partial charge is 0.322 e. The number of nitrogens with zero attached hydrogens (tertiary/aromatic N) is 2. The highest BCUT2D eigenvalue weighted by Crippen LogP contribution is 2.24. The van der Waals surface area contributed by atoms with Crippen molar-refractivity contribution in [3.63, 3.8) is 0 Å². The van der Waals surface area contributed by atoms with Gasteiger partial charge in [0.05, 0.1) is 13.0 Å². The zero-order valence-electron chi connectivity index (χ0n) is 10.8. The van der Waals surface area contributed by atoms with E-state index in [2.05, 4.69) is 20.8 Å². The zero-order chi connectivity index (χ0) is 14.2. The van der Waals surface area contributed by atoms with E-state index in [1.165, 1.54) is 0 Å². The lowest BCUT2D eigenvalue weighted by atomic mass is 9.89. The summed E-state index contributed by atoms with van der Waals surface area (Å²) in [6, 6.07) is 1.25. The van der Waals surface area contributed by atoms with Crippen molar-refractivity contribution in [2.75, 3.05) is 13.1 Å². The highest BCUT2D eigenvalue weighted by atomic mass is 16.2. The van der Waals surface area contributed by atoms with Gasteiger partial charge in [-0.2, -0.15) is 5.10 Å². The lowest BCUT2D eigenvalue weighted by Crippen LogP contribution is -2.59. The SMILES string of the molecule is O=C1NC(=O)C2(CCCN(C(=O)Cc3ccn[nH]3)C2)N1. The molecule has 3 rings (SSSR count). The molecule has 2 aliphatic heterocycles. The summed E-state index contributed by atoms with van der Waals surface area (Å²) in [5.74, 6) is -0.427. The van der Waals surface area contributed by atoms with Crippen LogP contribution in [0.2, 0.25) is 0 Å². The summed E-state index contributed by atoms with van der Waals surface area (Å²) in [6.45, 7) is 0.815. The highest BCUT2D eigenvalue weighted by molar-refractivity contribution is 6.07. The molecule has 0 aromatic carbocycles. The fraction of sp³-hybridized carbons (Fsp3) is 0.500. The van der Waals surface area contributed by atoms with Gasteiger partial charge in [-0.25, -0.2) is 4.79 Å². The molecule has 3 heterocycles. The molecule has 8 heteroatoms. The first-order chi connectivity index (χ1) is 9.59. The lowest BCUT2D eigenvalue weighted by molar-refractivity contribution is -0.135. The number of carbonyl (C=O) groups excluding carboxylic acids is 3. The molecule has 0 saturated carbocycles. The van der Waals surface area contributed by atoms with Gasteiger partial charge >= 0.3 is 6.03 Å². The number of likely N-dealkylation sites (tertiary alicyclic amines) is 1. The number of nitrogens with one attached hydrogen (secondary N) is 3. The van der Waals surface area contributed by atoms with Crippen LogP contribution in [0.25, 0.3) is 0 Å². The van der Waals surface area contributed by atoms with Gasteiger partial charge in [0.15, 0.2) is 0 Å². The summed E-state index contributed by atoms with van der Waals surface area (Å²) in [7, 11) is 0. The van der Waals surface area contributed by atoms with Gasteiger partial charge in [-0.05, 0) is 18.9 Å². The third kappa shape index (κ3) is 2.13. The average Bonchev–Trinajstić information content (AvgIpc) is 2.99. The zero-order valence-corrected chi connectivity index (χ0v) is 10.8. The predicted molar refractivity (Wildman–Crippen MR) is 67.5 cm³/mol. The third-order valence-corrected chi connectivity index (χ3v) is 3.76. The molecule has 0 radical (unpaired) electrons. The van der Waals surface area contributed by atoms with Gasteiger partial charge in [0, 0.05) is 18.4 Å². The number of aromatic amines is 1. The molecule has 2 fully saturated rings. The van der Waals surface area contributed by atoms with E-state index >= 15 is 0 Å². The molecule has 0 bridgehead atoms. The number of imide groups is 1. The van der Waals surface area contributed by atoms with E-state index < -0.39 is 11.6 Å². The normalized spacial score (nSPS) is 25.7. The highest BCUT2D eigenvalue weighted by Gasteiger charge is 2.49. The van der Waals surface area contributed by atoms with Gasteiger partial charge in [-0.3, -0.25) is 20.0 Å². The number of carbonyl (C=O) groups is 3. The molecule has 4 amide bonds. The average molecular weight is 277 g/mol. The van der Waals surface area contributed by atoms with Gasteiger partial charge in [0.1, 0.15) is 5.54 Å². The van der Waals surface area contributed by atoms with Crippen LogP contribution in [0.4, 0.5) is 4.79 Å². The van der Waals surface area contributed by atoms with E-state index in [4.69, 9.17) is 0 Å². The van der Waals surface area contributed by atoms with E-state index in [9.17, 15) is 14.4 Å². The number of urea groups is 1. The van der Waals surface area contributed by atoms with Gasteiger partial charge in [-0.15, -0.1) is 0 Å². The van der Waals surface area contributed by atoms with Crippen molar-refractivity contribution >= 4 is 17.8 Å². The van der Waals surface area contributed by atoms with Gasteiger partial charge in [0.2, 0.25) is 5.91 Å².